The third-order valence-electron chi connectivity index (χ3n) is 4.54. The van der Waals surface area contributed by atoms with Crippen LogP contribution in [0.1, 0.15) is 24.4 Å². The van der Waals surface area contributed by atoms with Crippen LogP contribution in [0.5, 0.6) is 0 Å². The molecule has 2 aromatic carbocycles. The molecule has 1 aliphatic rings. The van der Waals surface area contributed by atoms with Crippen LogP contribution in [0.2, 0.25) is 0 Å². The highest BCUT2D eigenvalue weighted by atomic mass is 15.6. The van der Waals surface area contributed by atoms with E-state index in [1.54, 1.807) is 4.80 Å². The predicted molar refractivity (Wildman–Crippen MR) is 85.5 cm³/mol. The molecule has 5 nitrogen and oxygen atoms in total. The molecular weight excluding hydrogens is 274 g/mol. The van der Waals surface area contributed by atoms with E-state index >= 15 is 0 Å². The van der Waals surface area contributed by atoms with Crippen molar-refractivity contribution in [1.29, 1.82) is 0 Å². The Kier molecular flexibility index (Phi) is 3.56. The number of piperidine rings is 1. The van der Waals surface area contributed by atoms with Gasteiger partial charge in [0, 0.05) is 6.54 Å². The minimum Gasteiger partial charge on any atom is -0.316 e. The first-order valence-electron chi connectivity index (χ1n) is 7.84. The Labute approximate surface area is 129 Å². The maximum Gasteiger partial charge on any atom is 0.162 e. The molecule has 1 saturated heterocycles. The van der Waals surface area contributed by atoms with Gasteiger partial charge in [0.05, 0.1) is 0 Å². The SMILES string of the molecule is c1ccc2c([C@H](C3CCCNC3)n3ncnn3)cccc2c1. The lowest BCUT2D eigenvalue weighted by atomic mass is 9.85. The Morgan fingerprint density at radius 2 is 2.05 bits per heavy atom. The summed E-state index contributed by atoms with van der Waals surface area (Å²) in [5, 5.41) is 18.5. The number of benzene rings is 2. The van der Waals surface area contributed by atoms with Crippen LogP contribution < -0.4 is 5.32 Å². The number of nitrogens with zero attached hydrogens (tertiary/aromatic N) is 4. The predicted octanol–water partition coefficient (Wildman–Crippen LogP) is 2.42. The van der Waals surface area contributed by atoms with Crippen molar-refractivity contribution < 1.29 is 0 Å². The minimum absolute atomic E-state index is 0.126. The van der Waals surface area contributed by atoms with Crippen LogP contribution in [0, 0.1) is 5.92 Å². The van der Waals surface area contributed by atoms with Crippen LogP contribution in [0.25, 0.3) is 10.8 Å². The number of aromatic nitrogens is 4. The fourth-order valence-electron chi connectivity index (χ4n) is 3.53. The lowest BCUT2D eigenvalue weighted by molar-refractivity contribution is 0.262. The summed E-state index contributed by atoms with van der Waals surface area (Å²) in [6, 6.07) is 15.1. The molecule has 3 aromatic rings. The molecular formula is C17H19N5. The molecule has 0 saturated carbocycles. The maximum absolute atomic E-state index is 4.34. The highest BCUT2D eigenvalue weighted by Crippen LogP contribution is 2.34. The third-order valence-corrected chi connectivity index (χ3v) is 4.54. The van der Waals surface area contributed by atoms with Gasteiger partial charge in [0.2, 0.25) is 0 Å². The van der Waals surface area contributed by atoms with Crippen molar-refractivity contribution in [3.05, 3.63) is 54.4 Å². The first kappa shape index (κ1) is 13.4. The van der Waals surface area contributed by atoms with Crippen LogP contribution in [-0.4, -0.2) is 33.3 Å². The van der Waals surface area contributed by atoms with Crippen molar-refractivity contribution >= 4 is 10.8 Å². The highest BCUT2D eigenvalue weighted by Gasteiger charge is 2.29. The van der Waals surface area contributed by atoms with E-state index in [2.05, 4.69) is 63.2 Å². The van der Waals surface area contributed by atoms with Gasteiger partial charge in [-0.1, -0.05) is 42.5 Å². The van der Waals surface area contributed by atoms with E-state index in [0.29, 0.717) is 5.92 Å². The van der Waals surface area contributed by atoms with Crippen LogP contribution in [0.4, 0.5) is 0 Å². The first-order chi connectivity index (χ1) is 10.9. The molecule has 0 bridgehead atoms. The average Bonchev–Trinajstić information content (AvgIpc) is 3.11. The van der Waals surface area contributed by atoms with Gasteiger partial charge in [-0.3, -0.25) is 0 Å². The summed E-state index contributed by atoms with van der Waals surface area (Å²) in [4.78, 5) is 1.78. The molecule has 2 heterocycles. The van der Waals surface area contributed by atoms with Gasteiger partial charge < -0.3 is 5.32 Å². The van der Waals surface area contributed by atoms with Gasteiger partial charge in [-0.05, 0) is 46.9 Å². The smallest absolute Gasteiger partial charge is 0.162 e. The van der Waals surface area contributed by atoms with E-state index in [9.17, 15) is 0 Å². The summed E-state index contributed by atoms with van der Waals surface area (Å²) >= 11 is 0. The summed E-state index contributed by atoms with van der Waals surface area (Å²) in [7, 11) is 0. The zero-order valence-electron chi connectivity index (χ0n) is 12.4. The number of hydrogen-bond acceptors (Lipinski definition) is 4. The largest absolute Gasteiger partial charge is 0.316 e. The van der Waals surface area contributed by atoms with Crippen molar-refractivity contribution in [3.63, 3.8) is 0 Å². The first-order valence-corrected chi connectivity index (χ1v) is 7.84. The molecule has 112 valence electrons. The van der Waals surface area contributed by atoms with Crippen molar-refractivity contribution in [2.24, 2.45) is 5.92 Å². The molecule has 0 aliphatic carbocycles. The Bertz CT molecular complexity index is 741. The van der Waals surface area contributed by atoms with Crippen LogP contribution in [0.3, 0.4) is 0 Å². The van der Waals surface area contributed by atoms with E-state index in [1.165, 1.54) is 35.5 Å². The van der Waals surface area contributed by atoms with Gasteiger partial charge >= 0.3 is 0 Å². The maximum atomic E-state index is 4.34. The Morgan fingerprint density at radius 1 is 1.14 bits per heavy atom. The molecule has 0 radical (unpaired) electrons. The summed E-state index contributed by atoms with van der Waals surface area (Å²) in [6.07, 6.45) is 3.90. The van der Waals surface area contributed by atoms with Crippen LogP contribution in [-0.2, 0) is 0 Å². The quantitative estimate of drug-likeness (QED) is 0.806. The second-order valence-electron chi connectivity index (χ2n) is 5.88. The molecule has 0 amide bonds. The zero-order valence-corrected chi connectivity index (χ0v) is 12.4. The van der Waals surface area contributed by atoms with Gasteiger partial charge in [-0.2, -0.15) is 4.80 Å². The molecule has 5 heteroatoms. The Hall–Kier alpha value is -2.27. The monoisotopic (exact) mass is 293 g/mol. The van der Waals surface area contributed by atoms with Gasteiger partial charge in [0.25, 0.3) is 0 Å². The zero-order chi connectivity index (χ0) is 14.8. The van der Waals surface area contributed by atoms with Crippen LogP contribution >= 0.6 is 0 Å². The molecule has 1 aliphatic heterocycles. The Morgan fingerprint density at radius 3 is 2.86 bits per heavy atom. The van der Waals surface area contributed by atoms with Gasteiger partial charge in [0.1, 0.15) is 6.04 Å². The molecule has 1 aromatic heterocycles. The highest BCUT2D eigenvalue weighted by molar-refractivity contribution is 5.86. The van der Waals surface area contributed by atoms with Crippen molar-refractivity contribution in [2.45, 2.75) is 18.9 Å². The van der Waals surface area contributed by atoms with E-state index < -0.39 is 0 Å². The lowest BCUT2D eigenvalue weighted by Gasteiger charge is -2.30. The molecule has 4 rings (SSSR count). The molecule has 1 fully saturated rings. The number of fused-ring (bicyclic) bond motifs is 1. The number of nitrogens with one attached hydrogen (secondary N) is 1. The van der Waals surface area contributed by atoms with E-state index in [1.807, 2.05) is 0 Å². The Balaban J connectivity index is 1.85. The average molecular weight is 293 g/mol. The molecule has 1 N–H and O–H groups in total. The van der Waals surface area contributed by atoms with E-state index in [0.717, 1.165) is 13.1 Å². The normalized spacial score (nSPS) is 20.1. The van der Waals surface area contributed by atoms with Crippen LogP contribution in [0.15, 0.2) is 48.8 Å². The van der Waals surface area contributed by atoms with Gasteiger partial charge in [0.15, 0.2) is 6.33 Å². The topological polar surface area (TPSA) is 55.6 Å². The third kappa shape index (κ3) is 2.37. The van der Waals surface area contributed by atoms with Crippen molar-refractivity contribution in [2.75, 3.05) is 13.1 Å². The van der Waals surface area contributed by atoms with Crippen molar-refractivity contribution in [3.8, 4) is 0 Å². The number of hydrogen-bond donors (Lipinski definition) is 1. The van der Waals surface area contributed by atoms with E-state index in [-0.39, 0.29) is 6.04 Å². The van der Waals surface area contributed by atoms with Crippen molar-refractivity contribution in [1.82, 2.24) is 25.5 Å². The summed E-state index contributed by atoms with van der Waals surface area (Å²) in [5.41, 5.74) is 1.28. The fourth-order valence-corrected chi connectivity index (χ4v) is 3.53. The summed E-state index contributed by atoms with van der Waals surface area (Å²) in [5.74, 6) is 0.480. The lowest BCUT2D eigenvalue weighted by Crippen LogP contribution is -2.36. The second kappa shape index (κ2) is 5.85. The molecule has 2 atom stereocenters. The summed E-state index contributed by atoms with van der Waals surface area (Å²) in [6.45, 7) is 2.10. The van der Waals surface area contributed by atoms with Gasteiger partial charge in [-0.25, -0.2) is 0 Å². The number of tetrazole rings is 1. The molecule has 22 heavy (non-hydrogen) atoms. The van der Waals surface area contributed by atoms with Gasteiger partial charge in [-0.15, -0.1) is 10.2 Å². The second-order valence-corrected chi connectivity index (χ2v) is 5.88. The molecule has 1 unspecified atom stereocenters. The fraction of sp³-hybridized carbons (Fsp3) is 0.353. The number of rotatable bonds is 3. The van der Waals surface area contributed by atoms with E-state index in [4.69, 9.17) is 0 Å². The molecule has 0 spiro atoms. The standard InChI is InChI=1S/C17H19N5/c1-2-8-15-13(5-1)6-3-9-16(15)17(22-20-12-19-21-22)14-7-4-10-18-11-14/h1-3,5-6,8-9,12,14,17-18H,4,7,10-11H2/t14?,17-/m0/s1. The summed E-state index contributed by atoms with van der Waals surface area (Å²) < 4.78 is 0. The minimum atomic E-state index is 0.126.